The first kappa shape index (κ1) is 11.7. The summed E-state index contributed by atoms with van der Waals surface area (Å²) in [5.41, 5.74) is 2.07. The van der Waals surface area contributed by atoms with Crippen molar-refractivity contribution in [2.75, 3.05) is 12.4 Å². The van der Waals surface area contributed by atoms with Crippen molar-refractivity contribution in [1.29, 1.82) is 0 Å². The van der Waals surface area contributed by atoms with E-state index in [0.717, 1.165) is 11.3 Å². The number of halogens is 1. The maximum absolute atomic E-state index is 5.89. The van der Waals surface area contributed by atoms with Gasteiger partial charge in [-0.1, -0.05) is 11.6 Å². The number of ether oxygens (including phenoxy) is 1. The molecule has 0 amide bonds. The summed E-state index contributed by atoms with van der Waals surface area (Å²) in [6.07, 6.45) is 3.15. The van der Waals surface area contributed by atoms with Crippen LogP contribution in [0.4, 0.5) is 5.82 Å². The maximum Gasteiger partial charge on any atom is 0.198 e. The lowest BCUT2D eigenvalue weighted by molar-refractivity contribution is 0.413. The van der Waals surface area contributed by atoms with E-state index < -0.39 is 0 Å². The lowest BCUT2D eigenvalue weighted by Gasteiger charge is -2.09. The Morgan fingerprint density at radius 3 is 2.94 bits per heavy atom. The first-order chi connectivity index (χ1) is 8.22. The minimum Gasteiger partial charge on any atom is -0.490 e. The second-order valence-electron chi connectivity index (χ2n) is 3.42. The van der Waals surface area contributed by atoms with Crippen molar-refractivity contribution >= 4 is 17.4 Å². The van der Waals surface area contributed by atoms with Gasteiger partial charge < -0.3 is 10.1 Å². The van der Waals surface area contributed by atoms with Gasteiger partial charge in [0.1, 0.15) is 6.33 Å². The zero-order chi connectivity index (χ0) is 12.3. The minimum absolute atomic E-state index is 0.286. The number of rotatable bonds is 4. The Morgan fingerprint density at radius 1 is 1.47 bits per heavy atom. The molecule has 0 unspecified atom stereocenters. The average molecular weight is 254 g/mol. The third-order valence-electron chi connectivity index (χ3n) is 2.35. The number of aromatic amines is 1. The van der Waals surface area contributed by atoms with Crippen LogP contribution in [-0.4, -0.2) is 27.3 Å². The summed E-state index contributed by atoms with van der Waals surface area (Å²) in [5.74, 6) is 1.00. The van der Waals surface area contributed by atoms with Crippen LogP contribution in [-0.2, 0) is 6.54 Å². The van der Waals surface area contributed by atoms with Crippen LogP contribution in [0.25, 0.3) is 0 Å². The molecule has 6 nitrogen and oxygen atoms in total. The molecule has 0 aliphatic rings. The van der Waals surface area contributed by atoms with E-state index in [1.165, 1.54) is 13.4 Å². The molecule has 2 heterocycles. The van der Waals surface area contributed by atoms with Crippen molar-refractivity contribution in [3.8, 4) is 5.75 Å². The van der Waals surface area contributed by atoms with Crippen LogP contribution in [0.1, 0.15) is 11.3 Å². The highest BCUT2D eigenvalue weighted by Crippen LogP contribution is 2.28. The molecule has 0 saturated heterocycles. The van der Waals surface area contributed by atoms with Gasteiger partial charge >= 0.3 is 0 Å². The number of methoxy groups -OCH3 is 1. The Bertz CT molecular complexity index is 513. The number of anilines is 1. The molecule has 0 aliphatic carbocycles. The molecule has 0 bridgehead atoms. The molecule has 0 aliphatic heterocycles. The highest BCUT2D eigenvalue weighted by Gasteiger charge is 2.10. The van der Waals surface area contributed by atoms with Gasteiger partial charge in [-0.3, -0.25) is 5.10 Å². The highest BCUT2D eigenvalue weighted by molar-refractivity contribution is 6.31. The average Bonchev–Trinajstić information content (AvgIpc) is 2.72. The van der Waals surface area contributed by atoms with Crippen molar-refractivity contribution in [3.63, 3.8) is 0 Å². The fourth-order valence-electron chi connectivity index (χ4n) is 1.39. The van der Waals surface area contributed by atoms with E-state index in [1.54, 1.807) is 6.20 Å². The van der Waals surface area contributed by atoms with Gasteiger partial charge in [0.05, 0.1) is 13.3 Å². The van der Waals surface area contributed by atoms with Gasteiger partial charge in [-0.05, 0) is 6.92 Å². The second kappa shape index (κ2) is 5.01. The van der Waals surface area contributed by atoms with Crippen LogP contribution in [0, 0.1) is 6.92 Å². The number of nitrogens with zero attached hydrogens (tertiary/aromatic N) is 3. The molecule has 2 aromatic rings. The summed E-state index contributed by atoms with van der Waals surface area (Å²) in [7, 11) is 1.53. The third-order valence-corrected chi connectivity index (χ3v) is 2.61. The van der Waals surface area contributed by atoms with Gasteiger partial charge in [-0.2, -0.15) is 5.10 Å². The van der Waals surface area contributed by atoms with Crippen LogP contribution >= 0.6 is 11.6 Å². The van der Waals surface area contributed by atoms with Gasteiger partial charge in [0.15, 0.2) is 16.7 Å². The summed E-state index contributed by atoms with van der Waals surface area (Å²) >= 11 is 5.89. The number of hydrogen-bond donors (Lipinski definition) is 2. The number of nitrogens with one attached hydrogen (secondary N) is 2. The summed E-state index contributed by atoms with van der Waals surface area (Å²) < 4.78 is 5.13. The Labute approximate surface area is 103 Å². The third kappa shape index (κ3) is 2.47. The van der Waals surface area contributed by atoms with Gasteiger partial charge in [0.25, 0.3) is 0 Å². The summed E-state index contributed by atoms with van der Waals surface area (Å²) in [6, 6.07) is 0. The fourth-order valence-corrected chi connectivity index (χ4v) is 1.60. The monoisotopic (exact) mass is 253 g/mol. The Morgan fingerprint density at radius 2 is 2.29 bits per heavy atom. The van der Waals surface area contributed by atoms with Crippen molar-refractivity contribution < 1.29 is 4.74 Å². The van der Waals surface area contributed by atoms with Crippen molar-refractivity contribution in [2.24, 2.45) is 0 Å². The molecule has 90 valence electrons. The molecule has 0 saturated carbocycles. The van der Waals surface area contributed by atoms with Crippen LogP contribution < -0.4 is 10.1 Å². The van der Waals surface area contributed by atoms with Crippen LogP contribution in [0.15, 0.2) is 12.5 Å². The molecule has 2 N–H and O–H groups in total. The van der Waals surface area contributed by atoms with E-state index in [0.29, 0.717) is 18.1 Å². The van der Waals surface area contributed by atoms with E-state index in [2.05, 4.69) is 25.5 Å². The summed E-state index contributed by atoms with van der Waals surface area (Å²) in [6.45, 7) is 2.54. The molecule has 0 atom stereocenters. The number of aromatic nitrogens is 4. The topological polar surface area (TPSA) is 75.7 Å². The predicted octanol–water partition coefficient (Wildman–Crippen LogP) is 1.78. The fraction of sp³-hybridized carbons (Fsp3) is 0.300. The lowest BCUT2D eigenvalue weighted by atomic mass is 10.2. The van der Waals surface area contributed by atoms with Crippen molar-refractivity contribution in [3.05, 3.63) is 28.9 Å². The largest absolute Gasteiger partial charge is 0.490 e. The van der Waals surface area contributed by atoms with Gasteiger partial charge in [-0.15, -0.1) is 0 Å². The standard InChI is InChI=1S/C10H12ClN5O/c1-6-7(4-15-16-6)3-12-10-8(17-2)9(11)13-5-14-10/h4-5H,3H2,1-2H3,(H,15,16)(H,12,13,14). The summed E-state index contributed by atoms with van der Waals surface area (Å²) in [5, 5.41) is 10.2. The van der Waals surface area contributed by atoms with Gasteiger partial charge in [0, 0.05) is 17.8 Å². The van der Waals surface area contributed by atoms with E-state index in [9.17, 15) is 0 Å². The lowest BCUT2D eigenvalue weighted by Crippen LogP contribution is -2.04. The molecule has 0 aromatic carbocycles. The zero-order valence-corrected chi connectivity index (χ0v) is 10.2. The van der Waals surface area contributed by atoms with Crippen molar-refractivity contribution in [1.82, 2.24) is 20.2 Å². The SMILES string of the molecule is COc1c(Cl)ncnc1NCc1cn[nH]c1C. The van der Waals surface area contributed by atoms with E-state index in [1.807, 2.05) is 6.92 Å². The number of aryl methyl sites for hydroxylation is 1. The first-order valence-electron chi connectivity index (χ1n) is 4.99. The minimum atomic E-state index is 0.286. The second-order valence-corrected chi connectivity index (χ2v) is 3.78. The highest BCUT2D eigenvalue weighted by atomic mass is 35.5. The van der Waals surface area contributed by atoms with E-state index >= 15 is 0 Å². The van der Waals surface area contributed by atoms with Crippen LogP contribution in [0.3, 0.4) is 0 Å². The predicted molar refractivity (Wildman–Crippen MR) is 64.2 cm³/mol. The number of hydrogen-bond acceptors (Lipinski definition) is 5. The molecule has 0 fully saturated rings. The molecule has 17 heavy (non-hydrogen) atoms. The smallest absolute Gasteiger partial charge is 0.198 e. The first-order valence-corrected chi connectivity index (χ1v) is 5.37. The maximum atomic E-state index is 5.89. The molecule has 0 radical (unpaired) electrons. The number of H-pyrrole nitrogens is 1. The molecular weight excluding hydrogens is 242 g/mol. The van der Waals surface area contributed by atoms with Gasteiger partial charge in [0.2, 0.25) is 0 Å². The van der Waals surface area contributed by atoms with Gasteiger partial charge in [-0.25, -0.2) is 9.97 Å². The van der Waals surface area contributed by atoms with Crippen molar-refractivity contribution in [2.45, 2.75) is 13.5 Å². The quantitative estimate of drug-likeness (QED) is 0.813. The Kier molecular flexibility index (Phi) is 3.43. The van der Waals surface area contributed by atoms with Crippen LogP contribution in [0.2, 0.25) is 5.15 Å². The molecule has 0 spiro atoms. The normalized spacial score (nSPS) is 10.3. The molecule has 2 rings (SSSR count). The summed E-state index contributed by atoms with van der Waals surface area (Å²) in [4.78, 5) is 7.92. The Hall–Kier alpha value is -1.82. The van der Waals surface area contributed by atoms with E-state index in [4.69, 9.17) is 16.3 Å². The zero-order valence-electron chi connectivity index (χ0n) is 9.49. The molecule has 2 aromatic heterocycles. The molecule has 7 heteroatoms. The van der Waals surface area contributed by atoms with E-state index in [-0.39, 0.29) is 5.15 Å². The Balaban J connectivity index is 2.14. The molecular formula is C10H12ClN5O. The van der Waals surface area contributed by atoms with Crippen LogP contribution in [0.5, 0.6) is 5.75 Å².